The van der Waals surface area contributed by atoms with Crippen LogP contribution >= 0.6 is 0 Å². The SMILES string of the molecule is CCS(=O)(=O)c1ccc(CNC(=O)c2cnc3c(c2)CN(CC2CCC(C(F)(F)F)CC2)[C@H]3C(C)C)nc1. The number of halogens is 3. The highest BCUT2D eigenvalue weighted by atomic mass is 32.2. The molecule has 1 amide bonds. The third-order valence-electron chi connectivity index (χ3n) is 7.71. The van der Waals surface area contributed by atoms with Crippen molar-refractivity contribution in [2.75, 3.05) is 12.3 Å². The maximum atomic E-state index is 13.1. The van der Waals surface area contributed by atoms with Crippen molar-refractivity contribution in [1.29, 1.82) is 0 Å². The molecule has 4 rings (SSSR count). The fourth-order valence-electron chi connectivity index (χ4n) is 5.59. The molecule has 11 heteroatoms. The molecular weight excluding hydrogens is 517 g/mol. The Bertz CT molecular complexity index is 1240. The van der Waals surface area contributed by atoms with Crippen LogP contribution < -0.4 is 5.32 Å². The molecule has 2 aromatic heterocycles. The number of aromatic nitrogens is 2. The largest absolute Gasteiger partial charge is 0.391 e. The second-order valence-corrected chi connectivity index (χ2v) is 13.0. The van der Waals surface area contributed by atoms with Crippen LogP contribution in [0.15, 0.2) is 35.5 Å². The van der Waals surface area contributed by atoms with Crippen molar-refractivity contribution in [3.05, 3.63) is 53.1 Å². The summed E-state index contributed by atoms with van der Waals surface area (Å²) in [6.07, 6.45) is 0.279. The molecule has 1 atom stereocenters. The summed E-state index contributed by atoms with van der Waals surface area (Å²) >= 11 is 0. The average molecular weight is 553 g/mol. The Morgan fingerprint density at radius 2 is 1.84 bits per heavy atom. The highest BCUT2D eigenvalue weighted by Gasteiger charge is 2.42. The molecule has 1 fully saturated rings. The zero-order chi connectivity index (χ0) is 27.7. The number of carbonyl (C=O) groups excluding carboxylic acids is 1. The molecule has 208 valence electrons. The van der Waals surface area contributed by atoms with Crippen molar-refractivity contribution in [1.82, 2.24) is 20.2 Å². The molecule has 1 aliphatic carbocycles. The Hall–Kier alpha value is -2.53. The normalized spacial score (nSPS) is 22.4. The molecule has 0 bridgehead atoms. The van der Waals surface area contributed by atoms with Gasteiger partial charge in [-0.1, -0.05) is 20.8 Å². The Balaban J connectivity index is 1.38. The Morgan fingerprint density at radius 3 is 2.42 bits per heavy atom. The van der Waals surface area contributed by atoms with Gasteiger partial charge in [0.15, 0.2) is 9.84 Å². The van der Waals surface area contributed by atoms with Crippen LogP contribution in [0.25, 0.3) is 0 Å². The monoisotopic (exact) mass is 552 g/mol. The van der Waals surface area contributed by atoms with E-state index in [0.717, 1.165) is 17.8 Å². The standard InChI is InChI=1S/C27H35F3N4O3S/c1-4-38(36,37)23-10-9-22(31-14-23)13-33-26(35)19-11-20-16-34(25(17(2)3)24(20)32-12-19)15-18-5-7-21(8-6-18)27(28,29)30/h9-12,14,17-18,21,25H,4-8,13,15-16H2,1-3H3,(H,33,35)/t18?,21?,25-/m0/s1. The van der Waals surface area contributed by atoms with E-state index >= 15 is 0 Å². The van der Waals surface area contributed by atoms with Gasteiger partial charge in [-0.2, -0.15) is 13.2 Å². The molecule has 2 aromatic rings. The molecule has 3 heterocycles. The number of nitrogens with zero attached hydrogens (tertiary/aromatic N) is 3. The number of sulfone groups is 1. The average Bonchev–Trinajstić information content (AvgIpc) is 3.24. The lowest BCUT2D eigenvalue weighted by Gasteiger charge is -2.35. The van der Waals surface area contributed by atoms with Gasteiger partial charge in [0.25, 0.3) is 5.91 Å². The minimum absolute atomic E-state index is 0.00956. The van der Waals surface area contributed by atoms with Gasteiger partial charge in [0.05, 0.1) is 46.1 Å². The van der Waals surface area contributed by atoms with Gasteiger partial charge in [-0.15, -0.1) is 0 Å². The predicted molar refractivity (Wildman–Crippen MR) is 137 cm³/mol. The molecule has 0 unspecified atom stereocenters. The maximum absolute atomic E-state index is 13.1. The lowest BCUT2D eigenvalue weighted by Crippen LogP contribution is -2.35. The van der Waals surface area contributed by atoms with Gasteiger partial charge in [-0.3, -0.25) is 19.7 Å². The van der Waals surface area contributed by atoms with Gasteiger partial charge in [0.2, 0.25) is 0 Å². The maximum Gasteiger partial charge on any atom is 0.391 e. The lowest BCUT2D eigenvalue weighted by atomic mass is 9.81. The van der Waals surface area contributed by atoms with E-state index in [1.807, 2.05) is 6.07 Å². The van der Waals surface area contributed by atoms with Crippen LogP contribution in [-0.2, 0) is 22.9 Å². The zero-order valence-corrected chi connectivity index (χ0v) is 22.8. The Kier molecular flexibility index (Phi) is 8.46. The smallest absolute Gasteiger partial charge is 0.346 e. The van der Waals surface area contributed by atoms with Crippen molar-refractivity contribution >= 4 is 15.7 Å². The van der Waals surface area contributed by atoms with E-state index in [2.05, 4.69) is 34.0 Å². The van der Waals surface area contributed by atoms with E-state index in [0.29, 0.717) is 30.6 Å². The fourth-order valence-corrected chi connectivity index (χ4v) is 6.41. The molecule has 0 radical (unpaired) electrons. The van der Waals surface area contributed by atoms with Gasteiger partial charge < -0.3 is 5.32 Å². The third-order valence-corrected chi connectivity index (χ3v) is 9.43. The first kappa shape index (κ1) is 28.5. The van der Waals surface area contributed by atoms with Crippen LogP contribution in [0.2, 0.25) is 0 Å². The van der Waals surface area contributed by atoms with E-state index in [9.17, 15) is 26.4 Å². The summed E-state index contributed by atoms with van der Waals surface area (Å²) in [5.41, 5.74) is 2.85. The summed E-state index contributed by atoms with van der Waals surface area (Å²) in [7, 11) is -3.34. The summed E-state index contributed by atoms with van der Waals surface area (Å²) in [6.45, 7) is 7.27. The number of alkyl halides is 3. The van der Waals surface area contributed by atoms with Crippen molar-refractivity contribution < 1.29 is 26.4 Å². The van der Waals surface area contributed by atoms with Crippen molar-refractivity contribution in [3.63, 3.8) is 0 Å². The molecular formula is C27H35F3N4O3S. The number of amides is 1. The minimum Gasteiger partial charge on any atom is -0.346 e. The first-order valence-corrected chi connectivity index (χ1v) is 14.8. The Labute approximate surface area is 222 Å². The van der Waals surface area contributed by atoms with Crippen LogP contribution in [-0.4, -0.2) is 47.7 Å². The first-order valence-electron chi connectivity index (χ1n) is 13.1. The minimum atomic E-state index is -4.11. The second-order valence-electron chi connectivity index (χ2n) is 10.7. The van der Waals surface area contributed by atoms with Gasteiger partial charge in [-0.25, -0.2) is 8.42 Å². The van der Waals surface area contributed by atoms with Crippen molar-refractivity contribution in [3.8, 4) is 0 Å². The Morgan fingerprint density at radius 1 is 1.13 bits per heavy atom. The topological polar surface area (TPSA) is 92.3 Å². The number of hydrogen-bond donors (Lipinski definition) is 1. The number of hydrogen-bond acceptors (Lipinski definition) is 6. The summed E-state index contributed by atoms with van der Waals surface area (Å²) in [5, 5.41) is 2.81. The highest BCUT2D eigenvalue weighted by molar-refractivity contribution is 7.91. The second kappa shape index (κ2) is 11.3. The summed E-state index contributed by atoms with van der Waals surface area (Å²) in [6, 6.07) is 4.97. The number of rotatable bonds is 8. The zero-order valence-electron chi connectivity index (χ0n) is 22.0. The van der Waals surface area contributed by atoms with Gasteiger partial charge in [0, 0.05) is 25.5 Å². The number of fused-ring (bicyclic) bond motifs is 1. The van der Waals surface area contributed by atoms with Crippen molar-refractivity contribution in [2.45, 2.75) is 76.7 Å². The van der Waals surface area contributed by atoms with E-state index < -0.39 is 21.9 Å². The van der Waals surface area contributed by atoms with Crippen LogP contribution in [0, 0.1) is 17.8 Å². The lowest BCUT2D eigenvalue weighted by molar-refractivity contribution is -0.184. The van der Waals surface area contributed by atoms with E-state index in [4.69, 9.17) is 0 Å². The summed E-state index contributed by atoms with van der Waals surface area (Å²) in [4.78, 5) is 24.1. The quantitative estimate of drug-likeness (QED) is 0.491. The van der Waals surface area contributed by atoms with E-state index in [1.54, 1.807) is 19.2 Å². The highest BCUT2D eigenvalue weighted by Crippen LogP contribution is 2.43. The van der Waals surface area contributed by atoms with Crippen LogP contribution in [0.5, 0.6) is 0 Å². The molecule has 1 saturated carbocycles. The molecule has 0 spiro atoms. The van der Waals surface area contributed by atoms with Gasteiger partial charge >= 0.3 is 6.18 Å². The van der Waals surface area contributed by atoms with Gasteiger partial charge in [-0.05, 0) is 61.3 Å². The molecule has 7 nitrogen and oxygen atoms in total. The molecule has 0 saturated heterocycles. The molecule has 0 aromatic carbocycles. The van der Waals surface area contributed by atoms with E-state index in [-0.39, 0.29) is 53.8 Å². The summed E-state index contributed by atoms with van der Waals surface area (Å²) in [5.74, 6) is -1.02. The fraction of sp³-hybridized carbons (Fsp3) is 0.593. The molecule has 1 aliphatic heterocycles. The molecule has 2 aliphatic rings. The first-order chi connectivity index (χ1) is 17.9. The number of nitrogens with one attached hydrogen (secondary N) is 1. The predicted octanol–water partition coefficient (Wildman–Crippen LogP) is 5.08. The van der Waals surface area contributed by atoms with Gasteiger partial charge in [0.1, 0.15) is 0 Å². The number of carbonyl (C=O) groups is 1. The summed E-state index contributed by atoms with van der Waals surface area (Å²) < 4.78 is 63.1. The molecule has 1 N–H and O–H groups in total. The van der Waals surface area contributed by atoms with Crippen molar-refractivity contribution in [2.24, 2.45) is 17.8 Å². The van der Waals surface area contributed by atoms with Crippen LogP contribution in [0.1, 0.15) is 79.8 Å². The van der Waals surface area contributed by atoms with E-state index in [1.165, 1.54) is 12.3 Å². The van der Waals surface area contributed by atoms with Crippen LogP contribution in [0.4, 0.5) is 13.2 Å². The molecule has 38 heavy (non-hydrogen) atoms. The van der Waals surface area contributed by atoms with Crippen LogP contribution in [0.3, 0.4) is 0 Å². The number of pyridine rings is 2. The third kappa shape index (κ3) is 6.36.